The van der Waals surface area contributed by atoms with Crippen molar-refractivity contribution in [3.8, 4) is 22.3 Å². The highest BCUT2D eigenvalue weighted by Gasteiger charge is 2.18. The Hall–Kier alpha value is -1.85. The third-order valence-corrected chi connectivity index (χ3v) is 5.76. The third kappa shape index (κ3) is 3.58. The first kappa shape index (κ1) is 18.0. The van der Waals surface area contributed by atoms with Gasteiger partial charge < -0.3 is 0 Å². The van der Waals surface area contributed by atoms with E-state index >= 15 is 0 Å². The SMILES string of the molecule is Cc1c(Cl)cc(-c2ccccc2-c2ccccc2S(N)(=O)=O)cc1Cl. The number of primary sulfonamides is 1. The summed E-state index contributed by atoms with van der Waals surface area (Å²) in [6.07, 6.45) is 0. The number of halogens is 2. The van der Waals surface area contributed by atoms with E-state index in [0.29, 0.717) is 15.6 Å². The average molecular weight is 392 g/mol. The van der Waals surface area contributed by atoms with Gasteiger partial charge in [-0.1, -0.05) is 65.7 Å². The van der Waals surface area contributed by atoms with Gasteiger partial charge in [-0.05, 0) is 47.4 Å². The van der Waals surface area contributed by atoms with E-state index in [0.717, 1.165) is 22.3 Å². The molecule has 25 heavy (non-hydrogen) atoms. The Morgan fingerprint density at radius 2 is 1.28 bits per heavy atom. The van der Waals surface area contributed by atoms with Gasteiger partial charge in [-0.3, -0.25) is 0 Å². The highest BCUT2D eigenvalue weighted by atomic mass is 35.5. The second-order valence-electron chi connectivity index (χ2n) is 5.65. The molecule has 0 saturated carbocycles. The first-order valence-electron chi connectivity index (χ1n) is 7.46. The molecule has 3 aromatic rings. The zero-order valence-corrected chi connectivity index (χ0v) is 15.7. The van der Waals surface area contributed by atoms with Gasteiger partial charge in [-0.15, -0.1) is 0 Å². The molecular weight excluding hydrogens is 377 g/mol. The van der Waals surface area contributed by atoms with Crippen LogP contribution in [0.5, 0.6) is 0 Å². The van der Waals surface area contributed by atoms with Crippen LogP contribution in [-0.4, -0.2) is 8.42 Å². The van der Waals surface area contributed by atoms with Crippen molar-refractivity contribution in [1.82, 2.24) is 0 Å². The van der Waals surface area contributed by atoms with Crippen LogP contribution >= 0.6 is 23.2 Å². The van der Waals surface area contributed by atoms with E-state index in [-0.39, 0.29) is 4.90 Å². The maximum Gasteiger partial charge on any atom is 0.238 e. The van der Waals surface area contributed by atoms with Gasteiger partial charge in [0.15, 0.2) is 0 Å². The Morgan fingerprint density at radius 1 is 0.800 bits per heavy atom. The molecular formula is C19H15Cl2NO2S. The summed E-state index contributed by atoms with van der Waals surface area (Å²) in [6.45, 7) is 1.84. The fourth-order valence-corrected chi connectivity index (χ4v) is 3.95. The van der Waals surface area contributed by atoms with E-state index in [1.54, 1.807) is 18.2 Å². The van der Waals surface area contributed by atoms with Crippen LogP contribution in [0, 0.1) is 6.92 Å². The third-order valence-electron chi connectivity index (χ3n) is 4.00. The van der Waals surface area contributed by atoms with Crippen molar-refractivity contribution in [3.63, 3.8) is 0 Å². The normalized spacial score (nSPS) is 11.5. The van der Waals surface area contributed by atoms with Gasteiger partial charge in [0.1, 0.15) is 0 Å². The second kappa shape index (κ2) is 6.81. The van der Waals surface area contributed by atoms with Crippen molar-refractivity contribution >= 4 is 33.2 Å². The predicted octanol–water partition coefficient (Wildman–Crippen LogP) is 5.28. The van der Waals surface area contributed by atoms with Crippen LogP contribution in [0.1, 0.15) is 5.56 Å². The largest absolute Gasteiger partial charge is 0.238 e. The predicted molar refractivity (Wildman–Crippen MR) is 103 cm³/mol. The summed E-state index contributed by atoms with van der Waals surface area (Å²) in [7, 11) is -3.86. The van der Waals surface area contributed by atoms with E-state index in [4.69, 9.17) is 28.3 Å². The van der Waals surface area contributed by atoms with Gasteiger partial charge in [0, 0.05) is 15.6 Å². The second-order valence-corrected chi connectivity index (χ2v) is 8.00. The Bertz CT molecular complexity index is 1040. The molecule has 2 N–H and O–H groups in total. The highest BCUT2D eigenvalue weighted by molar-refractivity contribution is 7.89. The van der Waals surface area contributed by atoms with Crippen LogP contribution in [0.3, 0.4) is 0 Å². The van der Waals surface area contributed by atoms with Gasteiger partial charge in [-0.25, -0.2) is 13.6 Å². The van der Waals surface area contributed by atoms with Crippen molar-refractivity contribution in [2.75, 3.05) is 0 Å². The summed E-state index contributed by atoms with van der Waals surface area (Å²) in [5.74, 6) is 0. The van der Waals surface area contributed by atoms with Crippen LogP contribution < -0.4 is 5.14 Å². The monoisotopic (exact) mass is 391 g/mol. The zero-order chi connectivity index (χ0) is 18.2. The average Bonchev–Trinajstić information content (AvgIpc) is 2.58. The van der Waals surface area contributed by atoms with Crippen molar-refractivity contribution in [2.45, 2.75) is 11.8 Å². The molecule has 0 aromatic heterocycles. The summed E-state index contributed by atoms with van der Waals surface area (Å²) in [4.78, 5) is 0.0757. The molecule has 0 unspecified atom stereocenters. The maximum atomic E-state index is 12.0. The molecule has 0 heterocycles. The van der Waals surface area contributed by atoms with Gasteiger partial charge in [0.25, 0.3) is 0 Å². The van der Waals surface area contributed by atoms with Gasteiger partial charge >= 0.3 is 0 Å². The molecule has 0 spiro atoms. The lowest BCUT2D eigenvalue weighted by Crippen LogP contribution is -2.13. The summed E-state index contributed by atoms with van der Waals surface area (Å²) in [5, 5.41) is 6.49. The van der Waals surface area contributed by atoms with Crippen molar-refractivity contribution in [1.29, 1.82) is 0 Å². The molecule has 6 heteroatoms. The van der Waals surface area contributed by atoms with E-state index in [9.17, 15) is 8.42 Å². The van der Waals surface area contributed by atoms with E-state index in [1.165, 1.54) is 6.07 Å². The number of benzene rings is 3. The summed E-state index contributed by atoms with van der Waals surface area (Å²) in [5.41, 5.74) is 3.70. The lowest BCUT2D eigenvalue weighted by atomic mass is 9.94. The van der Waals surface area contributed by atoms with Crippen LogP contribution in [0.4, 0.5) is 0 Å². The minimum Gasteiger partial charge on any atom is -0.225 e. The molecule has 3 aromatic carbocycles. The standard InChI is InChI=1S/C19H15Cl2NO2S/c1-12-17(20)10-13(11-18(12)21)14-6-2-3-7-15(14)16-8-4-5-9-19(16)25(22,23)24/h2-11H,1H3,(H2,22,23,24). The first-order valence-corrected chi connectivity index (χ1v) is 9.76. The molecule has 0 saturated heterocycles. The molecule has 0 aliphatic carbocycles. The highest BCUT2D eigenvalue weighted by Crippen LogP contribution is 2.38. The van der Waals surface area contributed by atoms with Gasteiger partial charge in [0.2, 0.25) is 10.0 Å². The summed E-state index contributed by atoms with van der Waals surface area (Å²) >= 11 is 12.5. The van der Waals surface area contributed by atoms with Crippen molar-refractivity contribution < 1.29 is 8.42 Å². The summed E-state index contributed by atoms with van der Waals surface area (Å²) < 4.78 is 23.9. The summed E-state index contributed by atoms with van der Waals surface area (Å²) in [6, 6.07) is 17.8. The molecule has 0 bridgehead atoms. The number of sulfonamides is 1. The fraction of sp³-hybridized carbons (Fsp3) is 0.0526. The molecule has 3 rings (SSSR count). The number of hydrogen-bond donors (Lipinski definition) is 1. The smallest absolute Gasteiger partial charge is 0.225 e. The van der Waals surface area contributed by atoms with Crippen LogP contribution in [-0.2, 0) is 10.0 Å². The van der Waals surface area contributed by atoms with E-state index in [2.05, 4.69) is 0 Å². The van der Waals surface area contributed by atoms with Crippen molar-refractivity contribution in [2.24, 2.45) is 5.14 Å². The van der Waals surface area contributed by atoms with Crippen LogP contribution in [0.15, 0.2) is 65.6 Å². The Labute approximate surface area is 157 Å². The molecule has 0 aliphatic rings. The molecule has 0 fully saturated rings. The molecule has 0 amide bonds. The number of nitrogens with two attached hydrogens (primary N) is 1. The molecule has 128 valence electrons. The van der Waals surface area contributed by atoms with Crippen LogP contribution in [0.2, 0.25) is 10.0 Å². The lowest BCUT2D eigenvalue weighted by Gasteiger charge is -2.14. The Kier molecular flexibility index (Phi) is 4.89. The van der Waals surface area contributed by atoms with Gasteiger partial charge in [0.05, 0.1) is 4.90 Å². The zero-order valence-electron chi connectivity index (χ0n) is 13.3. The maximum absolute atomic E-state index is 12.0. The number of rotatable bonds is 3. The topological polar surface area (TPSA) is 60.2 Å². The minimum absolute atomic E-state index is 0.0757. The molecule has 0 atom stereocenters. The minimum atomic E-state index is -3.86. The lowest BCUT2D eigenvalue weighted by molar-refractivity contribution is 0.598. The number of hydrogen-bond acceptors (Lipinski definition) is 2. The quantitative estimate of drug-likeness (QED) is 0.659. The van der Waals surface area contributed by atoms with E-state index in [1.807, 2.05) is 43.3 Å². The molecule has 0 radical (unpaired) electrons. The first-order chi connectivity index (χ1) is 11.8. The fourth-order valence-electron chi connectivity index (χ4n) is 2.71. The van der Waals surface area contributed by atoms with Crippen molar-refractivity contribution in [3.05, 3.63) is 76.3 Å². The Balaban J connectivity index is 2.30. The van der Waals surface area contributed by atoms with Crippen LogP contribution in [0.25, 0.3) is 22.3 Å². The Morgan fingerprint density at radius 3 is 1.84 bits per heavy atom. The molecule has 3 nitrogen and oxygen atoms in total. The van der Waals surface area contributed by atoms with Gasteiger partial charge in [-0.2, -0.15) is 0 Å². The molecule has 0 aliphatic heterocycles. The van der Waals surface area contributed by atoms with E-state index < -0.39 is 10.0 Å².